The Morgan fingerprint density at radius 2 is 1.35 bits per heavy atom. The summed E-state index contributed by atoms with van der Waals surface area (Å²) < 4.78 is 34.7. The van der Waals surface area contributed by atoms with E-state index in [9.17, 15) is 8.42 Å². The van der Waals surface area contributed by atoms with Gasteiger partial charge in [-0.2, -0.15) is 0 Å². The minimum absolute atomic E-state index is 0.0585. The van der Waals surface area contributed by atoms with Crippen LogP contribution in [0.5, 0.6) is 0 Å². The Morgan fingerprint density at radius 3 is 1.73 bits per heavy atom. The molecule has 0 amide bonds. The first-order valence-electron chi connectivity index (χ1n) is 9.16. The van der Waals surface area contributed by atoms with Crippen LogP contribution in [-0.4, -0.2) is 25.0 Å². The lowest BCUT2D eigenvalue weighted by Crippen LogP contribution is -2.54. The van der Waals surface area contributed by atoms with Gasteiger partial charge in [0.1, 0.15) is 8.24 Å². The zero-order valence-electron chi connectivity index (χ0n) is 18.1. The molecule has 0 fully saturated rings. The van der Waals surface area contributed by atoms with Gasteiger partial charge < -0.3 is 4.43 Å². The van der Waals surface area contributed by atoms with Gasteiger partial charge in [-0.3, -0.25) is 0 Å². The summed E-state index contributed by atoms with van der Waals surface area (Å²) in [5, 5.41) is 0.0976. The van der Waals surface area contributed by atoms with Crippen molar-refractivity contribution in [1.82, 2.24) is 4.39 Å². The molecule has 0 aliphatic heterocycles. The molecule has 0 aliphatic carbocycles. The van der Waals surface area contributed by atoms with E-state index in [1.807, 2.05) is 25.2 Å². The number of hydrogen-bond acceptors (Lipinski definition) is 3. The van der Waals surface area contributed by atoms with Crippen molar-refractivity contribution >= 4 is 26.6 Å². The van der Waals surface area contributed by atoms with Crippen molar-refractivity contribution in [3.05, 3.63) is 29.8 Å². The number of benzene rings is 1. The molecule has 1 aromatic carbocycles. The van der Waals surface area contributed by atoms with Crippen LogP contribution in [0.3, 0.4) is 0 Å². The lowest BCUT2D eigenvalue weighted by Gasteiger charge is -2.36. The Kier molecular flexibility index (Phi) is 6.80. The van der Waals surface area contributed by atoms with Crippen LogP contribution in [-0.2, 0) is 21.1 Å². The maximum atomic E-state index is 12.8. The fourth-order valence-corrected chi connectivity index (χ4v) is 7.63. The minimum atomic E-state index is -3.50. The van der Waals surface area contributed by atoms with E-state index in [0.717, 1.165) is 5.56 Å². The van der Waals surface area contributed by atoms with E-state index in [-0.39, 0.29) is 10.1 Å². The van der Waals surface area contributed by atoms with E-state index in [1.54, 1.807) is 12.1 Å². The maximum absolute atomic E-state index is 12.8. The topological polar surface area (TPSA) is 55.4 Å². The van der Waals surface area contributed by atoms with E-state index >= 15 is 0 Å². The average molecular weight is 416 g/mol. The highest BCUT2D eigenvalue weighted by Gasteiger charge is 2.39. The zero-order valence-corrected chi connectivity index (χ0v) is 21.0. The fraction of sp³-hybridized carbons (Fsp3) is 0.684. The molecular weight excluding hydrogens is 378 g/mol. The van der Waals surface area contributed by atoms with Gasteiger partial charge in [-0.05, 0) is 40.9 Å². The molecule has 0 atom stereocenters. The molecule has 1 N–H and O–H groups in total. The summed E-state index contributed by atoms with van der Waals surface area (Å²) in [4.78, 5) is 0.318. The van der Waals surface area contributed by atoms with Crippen molar-refractivity contribution in [3.8, 4) is 0 Å². The van der Waals surface area contributed by atoms with Crippen molar-refractivity contribution in [2.75, 3.05) is 0 Å². The molecule has 0 aliphatic rings. The number of nitrogens with one attached hydrogen (secondary N) is 1. The quantitative estimate of drug-likeness (QED) is 0.625. The van der Waals surface area contributed by atoms with Crippen LogP contribution in [0.25, 0.3) is 0 Å². The molecule has 150 valence electrons. The van der Waals surface area contributed by atoms with Crippen LogP contribution in [0.2, 0.25) is 36.3 Å². The van der Waals surface area contributed by atoms with Crippen molar-refractivity contribution in [2.24, 2.45) is 0 Å². The molecule has 0 bridgehead atoms. The number of hydrogen-bond donors (Lipinski definition) is 1. The van der Waals surface area contributed by atoms with Gasteiger partial charge in [0.15, 0.2) is 8.32 Å². The van der Waals surface area contributed by atoms with Crippen molar-refractivity contribution in [3.63, 3.8) is 0 Å². The van der Waals surface area contributed by atoms with Gasteiger partial charge >= 0.3 is 0 Å². The van der Waals surface area contributed by atoms with Crippen LogP contribution >= 0.6 is 0 Å². The second kappa shape index (κ2) is 7.50. The van der Waals surface area contributed by atoms with E-state index in [0.29, 0.717) is 11.5 Å². The van der Waals surface area contributed by atoms with E-state index in [2.05, 4.69) is 59.0 Å². The van der Waals surface area contributed by atoms with Crippen molar-refractivity contribution < 1.29 is 12.8 Å². The normalized spacial score (nSPS) is 14.5. The van der Waals surface area contributed by atoms with Gasteiger partial charge in [0, 0.05) is 0 Å². The second-order valence-electron chi connectivity index (χ2n) is 10.2. The standard InChI is InChI=1S/C19H37NO3SSi2/c1-18(2,3)25(7,8)20-24(21,22)17-13-11-16(12-14-17)15-23-26(9,10)19(4,5)6/h11-14,20H,15H2,1-10H3. The molecule has 26 heavy (non-hydrogen) atoms. The third kappa shape index (κ3) is 5.76. The first-order valence-corrected chi connectivity index (χ1v) is 16.6. The van der Waals surface area contributed by atoms with Gasteiger partial charge in [-0.25, -0.2) is 12.8 Å². The highest BCUT2D eigenvalue weighted by molar-refractivity contribution is 7.91. The Morgan fingerprint density at radius 1 is 0.885 bits per heavy atom. The van der Waals surface area contributed by atoms with Gasteiger partial charge in [-0.1, -0.05) is 66.8 Å². The van der Waals surface area contributed by atoms with Crippen LogP contribution in [0.4, 0.5) is 0 Å². The molecule has 0 saturated carbocycles. The molecule has 0 spiro atoms. The summed E-state index contributed by atoms with van der Waals surface area (Å²) in [6.45, 7) is 21.9. The largest absolute Gasteiger partial charge is 0.413 e. The summed E-state index contributed by atoms with van der Waals surface area (Å²) in [7, 11) is -7.48. The number of rotatable bonds is 6. The van der Waals surface area contributed by atoms with Gasteiger partial charge in [0.2, 0.25) is 10.0 Å². The lowest BCUT2D eigenvalue weighted by molar-refractivity contribution is 0.276. The highest BCUT2D eigenvalue weighted by Crippen LogP contribution is 2.37. The predicted octanol–water partition coefficient (Wildman–Crippen LogP) is 5.49. The average Bonchev–Trinajstić information content (AvgIpc) is 2.42. The first kappa shape index (κ1) is 23.6. The van der Waals surface area contributed by atoms with Gasteiger partial charge in [0.25, 0.3) is 0 Å². The van der Waals surface area contributed by atoms with Crippen LogP contribution in [0, 0.1) is 0 Å². The fourth-order valence-electron chi connectivity index (χ4n) is 1.79. The second-order valence-corrected chi connectivity index (χ2v) is 22.0. The Balaban J connectivity index is 2.90. The molecule has 7 heteroatoms. The predicted molar refractivity (Wildman–Crippen MR) is 116 cm³/mol. The summed E-state index contributed by atoms with van der Waals surface area (Å²) in [6, 6.07) is 7.07. The summed E-state index contributed by atoms with van der Waals surface area (Å²) in [5.41, 5.74) is 1.00. The smallest absolute Gasteiger partial charge is 0.234 e. The molecule has 0 unspecified atom stereocenters. The molecule has 1 aromatic rings. The zero-order chi connectivity index (χ0) is 20.6. The summed E-state index contributed by atoms with van der Waals surface area (Å²) >= 11 is 0. The SMILES string of the molecule is CC(C)(C)[Si](C)(C)NS(=O)(=O)c1ccc(CO[Si](C)(C)C(C)(C)C)cc1. The van der Waals surface area contributed by atoms with E-state index < -0.39 is 26.6 Å². The molecule has 0 radical (unpaired) electrons. The Bertz CT molecular complexity index is 713. The third-order valence-corrected chi connectivity index (χ3v) is 18.1. The van der Waals surface area contributed by atoms with Crippen molar-refractivity contribution in [1.29, 1.82) is 0 Å². The molecule has 4 nitrogen and oxygen atoms in total. The summed E-state index contributed by atoms with van der Waals surface area (Å²) in [5.74, 6) is 0. The lowest BCUT2D eigenvalue weighted by atomic mass is 10.2. The highest BCUT2D eigenvalue weighted by atomic mass is 32.2. The van der Waals surface area contributed by atoms with Crippen LogP contribution < -0.4 is 4.39 Å². The van der Waals surface area contributed by atoms with Gasteiger partial charge in [-0.15, -0.1) is 0 Å². The Hall–Kier alpha value is -0.476. The van der Waals surface area contributed by atoms with Crippen LogP contribution in [0.1, 0.15) is 47.1 Å². The van der Waals surface area contributed by atoms with E-state index in [4.69, 9.17) is 4.43 Å². The Labute approximate surface area is 163 Å². The maximum Gasteiger partial charge on any atom is 0.234 e. The molecule has 0 saturated heterocycles. The van der Waals surface area contributed by atoms with E-state index in [1.165, 1.54) is 0 Å². The van der Waals surface area contributed by atoms with Crippen molar-refractivity contribution in [2.45, 2.75) is 89.3 Å². The van der Waals surface area contributed by atoms with Gasteiger partial charge in [0.05, 0.1) is 11.5 Å². The molecule has 0 aromatic heterocycles. The molecule has 1 rings (SSSR count). The molecular formula is C19H37NO3SSi2. The first-order chi connectivity index (χ1) is 11.4. The number of sulfonamides is 1. The van der Waals surface area contributed by atoms with Crippen LogP contribution in [0.15, 0.2) is 29.2 Å². The third-order valence-electron chi connectivity index (χ3n) is 5.90. The molecule has 0 heterocycles. The monoisotopic (exact) mass is 415 g/mol. The summed E-state index contributed by atoms with van der Waals surface area (Å²) in [6.07, 6.45) is 0. The minimum Gasteiger partial charge on any atom is -0.413 e.